The van der Waals surface area contributed by atoms with Crippen LogP contribution in [0.15, 0.2) is 47.9 Å². The van der Waals surface area contributed by atoms with Crippen LogP contribution in [0.4, 0.5) is 10.3 Å². The number of aromatic nitrogens is 2. The summed E-state index contributed by atoms with van der Waals surface area (Å²) in [6.45, 7) is 3.77. The highest BCUT2D eigenvalue weighted by molar-refractivity contribution is 5.29. The van der Waals surface area contributed by atoms with Gasteiger partial charge in [-0.25, -0.2) is 14.4 Å². The average Bonchev–Trinajstić information content (AvgIpc) is 2.62. The quantitative estimate of drug-likeness (QED) is 0.792. The number of piperazine rings is 1. The largest absolute Gasteiger partial charge is 0.338 e. The van der Waals surface area contributed by atoms with Gasteiger partial charge in [0.15, 0.2) is 0 Å². The van der Waals surface area contributed by atoms with Gasteiger partial charge in [0.1, 0.15) is 11.9 Å². The van der Waals surface area contributed by atoms with Gasteiger partial charge in [-0.3, -0.25) is 4.90 Å². The molecule has 0 bridgehead atoms. The molecule has 7 heteroatoms. The van der Waals surface area contributed by atoms with Gasteiger partial charge in [-0.2, -0.15) is 4.91 Å². The minimum atomic E-state index is -0.477. The molecule has 2 heterocycles. The van der Waals surface area contributed by atoms with Crippen molar-refractivity contribution in [1.29, 1.82) is 0 Å². The minimum absolute atomic E-state index is 0.310. The Bertz CT molecular complexity index is 629. The maximum Gasteiger partial charge on any atom is 0.225 e. The molecular formula is C16H18FN5O. The van der Waals surface area contributed by atoms with Crippen molar-refractivity contribution in [3.8, 4) is 0 Å². The van der Waals surface area contributed by atoms with Gasteiger partial charge in [-0.1, -0.05) is 17.3 Å². The van der Waals surface area contributed by atoms with Crippen molar-refractivity contribution in [3.05, 3.63) is 59.0 Å². The van der Waals surface area contributed by atoms with Crippen molar-refractivity contribution < 1.29 is 4.39 Å². The predicted molar refractivity (Wildman–Crippen MR) is 85.6 cm³/mol. The molecule has 0 N–H and O–H groups in total. The van der Waals surface area contributed by atoms with E-state index in [0.717, 1.165) is 37.7 Å². The molecule has 0 saturated carbocycles. The standard InChI is InChI=1S/C16H18FN5O/c17-14-4-2-13(3-5-14)15(20-23)12-21-8-10-22(11-9-21)16-18-6-1-7-19-16/h1-7,15H,8-12H2. The van der Waals surface area contributed by atoms with Crippen LogP contribution in [0.25, 0.3) is 0 Å². The van der Waals surface area contributed by atoms with Crippen molar-refractivity contribution in [2.75, 3.05) is 37.6 Å². The highest BCUT2D eigenvalue weighted by Crippen LogP contribution is 2.20. The minimum Gasteiger partial charge on any atom is -0.338 e. The van der Waals surface area contributed by atoms with Gasteiger partial charge in [0.25, 0.3) is 0 Å². The first-order valence-electron chi connectivity index (χ1n) is 7.58. The predicted octanol–water partition coefficient (Wildman–Crippen LogP) is 2.25. The Balaban J connectivity index is 1.57. The van der Waals surface area contributed by atoms with Crippen molar-refractivity contribution in [2.24, 2.45) is 5.18 Å². The first kappa shape index (κ1) is 15.5. The zero-order chi connectivity index (χ0) is 16.1. The molecule has 2 aromatic rings. The second-order valence-electron chi connectivity index (χ2n) is 5.51. The topological polar surface area (TPSA) is 61.7 Å². The number of halogens is 1. The van der Waals surface area contributed by atoms with Gasteiger partial charge >= 0.3 is 0 Å². The lowest BCUT2D eigenvalue weighted by molar-refractivity contribution is 0.242. The second-order valence-corrected chi connectivity index (χ2v) is 5.51. The van der Waals surface area contributed by atoms with Gasteiger partial charge in [0, 0.05) is 45.1 Å². The van der Waals surface area contributed by atoms with E-state index < -0.39 is 6.04 Å². The van der Waals surface area contributed by atoms with E-state index in [4.69, 9.17) is 0 Å². The fourth-order valence-corrected chi connectivity index (χ4v) is 2.71. The van der Waals surface area contributed by atoms with Crippen LogP contribution < -0.4 is 4.90 Å². The number of hydrogen-bond donors (Lipinski definition) is 0. The highest BCUT2D eigenvalue weighted by Gasteiger charge is 2.22. The first-order chi connectivity index (χ1) is 11.3. The summed E-state index contributed by atoms with van der Waals surface area (Å²) < 4.78 is 13.0. The molecule has 1 saturated heterocycles. The Labute approximate surface area is 133 Å². The van der Waals surface area contributed by atoms with Crippen LogP contribution in [0.5, 0.6) is 0 Å². The normalized spacial score (nSPS) is 17.0. The molecule has 1 aliphatic rings. The Kier molecular flexibility index (Phi) is 4.87. The van der Waals surface area contributed by atoms with E-state index in [0.29, 0.717) is 6.54 Å². The third kappa shape index (κ3) is 3.87. The van der Waals surface area contributed by atoms with E-state index in [1.165, 1.54) is 12.1 Å². The molecule has 0 aliphatic carbocycles. The summed E-state index contributed by atoms with van der Waals surface area (Å²) in [4.78, 5) is 24.0. The molecule has 6 nitrogen and oxygen atoms in total. The lowest BCUT2D eigenvalue weighted by atomic mass is 10.1. The van der Waals surface area contributed by atoms with Crippen LogP contribution in [0.2, 0.25) is 0 Å². The number of nitroso groups, excluding NO2 is 1. The van der Waals surface area contributed by atoms with E-state index in [1.807, 2.05) is 0 Å². The molecule has 1 aromatic heterocycles. The molecule has 0 radical (unpaired) electrons. The molecule has 1 aliphatic heterocycles. The smallest absolute Gasteiger partial charge is 0.225 e. The summed E-state index contributed by atoms with van der Waals surface area (Å²) in [6.07, 6.45) is 3.46. The Morgan fingerprint density at radius 1 is 1.09 bits per heavy atom. The van der Waals surface area contributed by atoms with E-state index in [2.05, 4.69) is 24.9 Å². The van der Waals surface area contributed by atoms with Crippen LogP contribution in [0, 0.1) is 10.7 Å². The number of benzene rings is 1. The molecule has 1 fully saturated rings. The Morgan fingerprint density at radius 2 is 1.74 bits per heavy atom. The number of hydrogen-bond acceptors (Lipinski definition) is 6. The lowest BCUT2D eigenvalue weighted by Crippen LogP contribution is -2.48. The molecule has 1 unspecified atom stereocenters. The van der Waals surface area contributed by atoms with Crippen LogP contribution in [-0.4, -0.2) is 47.6 Å². The average molecular weight is 315 g/mol. The number of nitrogens with zero attached hydrogens (tertiary/aromatic N) is 5. The van der Waals surface area contributed by atoms with E-state index in [-0.39, 0.29) is 5.82 Å². The first-order valence-corrected chi connectivity index (χ1v) is 7.58. The number of rotatable bonds is 5. The van der Waals surface area contributed by atoms with Gasteiger partial charge < -0.3 is 4.90 Å². The third-order valence-corrected chi connectivity index (χ3v) is 4.02. The van der Waals surface area contributed by atoms with Crippen LogP contribution in [-0.2, 0) is 0 Å². The van der Waals surface area contributed by atoms with Gasteiger partial charge in [-0.15, -0.1) is 0 Å². The molecule has 23 heavy (non-hydrogen) atoms. The summed E-state index contributed by atoms with van der Waals surface area (Å²) in [6, 6.07) is 7.28. The highest BCUT2D eigenvalue weighted by atomic mass is 19.1. The summed E-state index contributed by atoms with van der Waals surface area (Å²) >= 11 is 0. The Morgan fingerprint density at radius 3 is 2.35 bits per heavy atom. The van der Waals surface area contributed by atoms with E-state index in [1.54, 1.807) is 30.6 Å². The summed E-state index contributed by atoms with van der Waals surface area (Å²) in [5.74, 6) is 0.422. The zero-order valence-electron chi connectivity index (χ0n) is 12.7. The lowest BCUT2D eigenvalue weighted by Gasteiger charge is -2.35. The zero-order valence-corrected chi connectivity index (χ0v) is 12.7. The third-order valence-electron chi connectivity index (χ3n) is 4.02. The Hall–Kier alpha value is -2.41. The molecular weight excluding hydrogens is 297 g/mol. The molecule has 0 amide bonds. The van der Waals surface area contributed by atoms with Gasteiger partial charge in [-0.05, 0) is 23.8 Å². The monoisotopic (exact) mass is 315 g/mol. The van der Waals surface area contributed by atoms with Crippen LogP contribution in [0.1, 0.15) is 11.6 Å². The maximum atomic E-state index is 13.0. The molecule has 1 aromatic carbocycles. The molecule has 1 atom stereocenters. The van der Waals surface area contributed by atoms with E-state index in [9.17, 15) is 9.30 Å². The molecule has 0 spiro atoms. The SMILES string of the molecule is O=NC(CN1CCN(c2ncccn2)CC1)c1ccc(F)cc1. The second kappa shape index (κ2) is 7.23. The fourth-order valence-electron chi connectivity index (χ4n) is 2.71. The van der Waals surface area contributed by atoms with E-state index >= 15 is 0 Å². The van der Waals surface area contributed by atoms with Crippen LogP contribution in [0.3, 0.4) is 0 Å². The molecule has 120 valence electrons. The van der Waals surface area contributed by atoms with Gasteiger partial charge in [0.05, 0.1) is 0 Å². The summed E-state index contributed by atoms with van der Waals surface area (Å²) in [5.41, 5.74) is 0.746. The van der Waals surface area contributed by atoms with Crippen molar-refractivity contribution in [3.63, 3.8) is 0 Å². The maximum absolute atomic E-state index is 13.0. The van der Waals surface area contributed by atoms with Gasteiger partial charge in [0.2, 0.25) is 5.95 Å². The summed E-state index contributed by atoms with van der Waals surface area (Å²) in [5, 5.41) is 3.21. The summed E-state index contributed by atoms with van der Waals surface area (Å²) in [7, 11) is 0. The van der Waals surface area contributed by atoms with Crippen molar-refractivity contribution in [1.82, 2.24) is 14.9 Å². The van der Waals surface area contributed by atoms with Crippen molar-refractivity contribution in [2.45, 2.75) is 6.04 Å². The molecule has 3 rings (SSSR count). The van der Waals surface area contributed by atoms with Crippen LogP contribution >= 0.6 is 0 Å². The van der Waals surface area contributed by atoms with Crippen molar-refractivity contribution >= 4 is 5.95 Å². The number of anilines is 1. The fraction of sp³-hybridized carbons (Fsp3) is 0.375.